The van der Waals surface area contributed by atoms with Gasteiger partial charge in [0.1, 0.15) is 24.0 Å². The quantitative estimate of drug-likeness (QED) is 0.137. The van der Waals surface area contributed by atoms with Crippen LogP contribution in [0.25, 0.3) is 72.1 Å². The van der Waals surface area contributed by atoms with Crippen LogP contribution in [0.3, 0.4) is 0 Å². The van der Waals surface area contributed by atoms with Crippen molar-refractivity contribution in [1.82, 2.24) is 9.55 Å². The number of nitrogens with zero attached hydrogens (tertiary/aromatic N) is 4. The molecule has 1 aliphatic carbocycles. The number of fused-ring (bicyclic) bond motifs is 7. The highest BCUT2D eigenvalue weighted by Gasteiger charge is 2.46. The average Bonchev–Trinajstić information content (AvgIpc) is 1.54. The van der Waals surface area contributed by atoms with Crippen LogP contribution in [0.4, 0.5) is 22.7 Å². The largest absolute Gasteiger partial charge is 0.457 e. The Bertz CT molecular complexity index is 4620. The molecule has 0 unspecified atom stereocenters. The molecule has 0 bridgehead atoms. The lowest BCUT2D eigenvalue weighted by atomic mass is 9.67. The zero-order valence-electron chi connectivity index (χ0n) is 49.5. The summed E-state index contributed by atoms with van der Waals surface area (Å²) >= 11 is 0. The van der Waals surface area contributed by atoms with Gasteiger partial charge in [0, 0.05) is 51.5 Å². The topological polar surface area (TPSA) is 33.5 Å². The molecular weight excluding hydrogens is 1040 g/mol. The van der Waals surface area contributed by atoms with Crippen molar-refractivity contribution in [3.8, 4) is 61.8 Å². The van der Waals surface area contributed by atoms with Gasteiger partial charge in [-0.3, -0.25) is 4.57 Å². The summed E-state index contributed by atoms with van der Waals surface area (Å²) in [5.74, 6) is 2.32. The minimum absolute atomic E-state index is 0.00656. The van der Waals surface area contributed by atoms with E-state index in [2.05, 4.69) is 329 Å². The molecule has 11 aromatic carbocycles. The Hall–Kier alpha value is -10.2. The number of ether oxygens (including phenoxy) is 1. The van der Waals surface area contributed by atoms with E-state index < -0.39 is 5.41 Å². The van der Waals surface area contributed by atoms with E-state index in [9.17, 15) is 0 Å². The molecule has 86 heavy (non-hydrogen) atoms. The summed E-state index contributed by atoms with van der Waals surface area (Å²) in [4.78, 5) is 10.2. The molecule has 0 radical (unpaired) electrons. The van der Waals surface area contributed by atoms with Gasteiger partial charge in [-0.15, -0.1) is 0 Å². The molecule has 5 heteroatoms. The Kier molecular flexibility index (Phi) is 12.6. The molecule has 3 heterocycles. The van der Waals surface area contributed by atoms with Gasteiger partial charge in [0.15, 0.2) is 0 Å². The minimum Gasteiger partial charge on any atom is -0.457 e. The van der Waals surface area contributed by atoms with Crippen molar-refractivity contribution in [2.75, 3.05) is 16.5 Å². The fourth-order valence-corrected chi connectivity index (χ4v) is 13.7. The Balaban J connectivity index is 0.871. The van der Waals surface area contributed by atoms with Gasteiger partial charge < -0.3 is 14.5 Å². The van der Waals surface area contributed by atoms with Gasteiger partial charge in [-0.1, -0.05) is 242 Å². The second kappa shape index (κ2) is 20.5. The summed E-state index contributed by atoms with van der Waals surface area (Å²) in [7, 11) is 0. The third-order valence-electron chi connectivity index (χ3n) is 17.9. The Morgan fingerprint density at radius 1 is 0.395 bits per heavy atom. The molecule has 2 aromatic heterocycles. The monoisotopic (exact) mass is 1110 g/mol. The predicted octanol–water partition coefficient (Wildman–Crippen LogP) is 21.2. The zero-order chi connectivity index (χ0) is 58.3. The molecular formula is C81H66N4O. The lowest BCUT2D eigenvalue weighted by Gasteiger charge is -2.34. The number of hydrogen-bond acceptors (Lipinski definition) is 4. The van der Waals surface area contributed by atoms with E-state index in [1.165, 1.54) is 66.9 Å². The number of anilines is 4. The van der Waals surface area contributed by atoms with Crippen LogP contribution in [0.2, 0.25) is 0 Å². The molecule has 5 nitrogen and oxygen atoms in total. The molecule has 0 N–H and O–H groups in total. The van der Waals surface area contributed by atoms with Crippen LogP contribution in [-0.2, 0) is 16.2 Å². The number of para-hydroxylation sites is 3. The normalized spacial score (nSPS) is 13.5. The van der Waals surface area contributed by atoms with Gasteiger partial charge in [-0.2, -0.15) is 0 Å². The molecule has 15 rings (SSSR count). The first-order valence-corrected chi connectivity index (χ1v) is 30.0. The predicted molar refractivity (Wildman–Crippen MR) is 358 cm³/mol. The van der Waals surface area contributed by atoms with Crippen LogP contribution in [-0.4, -0.2) is 16.2 Å². The van der Waals surface area contributed by atoms with Crippen molar-refractivity contribution in [1.29, 1.82) is 0 Å². The summed E-state index contributed by atoms with van der Waals surface area (Å²) < 4.78 is 9.71. The molecule has 2 aliphatic rings. The van der Waals surface area contributed by atoms with Gasteiger partial charge in [0.05, 0.1) is 33.5 Å². The molecule has 1 aliphatic heterocycles. The fraction of sp³-hybridized carbons (Fsp3) is 0.123. The van der Waals surface area contributed by atoms with Crippen molar-refractivity contribution >= 4 is 44.6 Å². The highest BCUT2D eigenvalue weighted by Crippen LogP contribution is 2.57. The zero-order valence-corrected chi connectivity index (χ0v) is 49.5. The average molecular weight is 1110 g/mol. The minimum atomic E-state index is -0.613. The van der Waals surface area contributed by atoms with E-state index in [1.54, 1.807) is 0 Å². The van der Waals surface area contributed by atoms with E-state index in [1.807, 2.05) is 6.20 Å². The van der Waals surface area contributed by atoms with Gasteiger partial charge in [0.2, 0.25) is 0 Å². The lowest BCUT2D eigenvalue weighted by Crippen LogP contribution is -2.29. The van der Waals surface area contributed by atoms with E-state index >= 15 is 0 Å². The molecule has 416 valence electrons. The molecule has 13 aromatic rings. The van der Waals surface area contributed by atoms with Crippen LogP contribution in [0, 0.1) is 0 Å². The van der Waals surface area contributed by atoms with Crippen molar-refractivity contribution in [3.63, 3.8) is 0 Å². The van der Waals surface area contributed by atoms with Gasteiger partial charge in [-0.25, -0.2) is 4.98 Å². The molecule has 0 saturated carbocycles. The maximum Gasteiger partial charge on any atom is 0.137 e. The number of hydrogen-bond donors (Lipinski definition) is 0. The summed E-state index contributed by atoms with van der Waals surface area (Å²) in [5, 5.41) is 2.26. The first kappa shape index (κ1) is 52.6. The number of rotatable bonds is 10. The molecule has 0 atom stereocenters. The van der Waals surface area contributed by atoms with Gasteiger partial charge in [-0.05, 0) is 133 Å². The fourth-order valence-electron chi connectivity index (χ4n) is 13.7. The van der Waals surface area contributed by atoms with Crippen molar-refractivity contribution < 1.29 is 4.74 Å². The lowest BCUT2D eigenvalue weighted by molar-refractivity contribution is 0.485. The van der Waals surface area contributed by atoms with E-state index in [0.29, 0.717) is 6.67 Å². The highest BCUT2D eigenvalue weighted by molar-refractivity contribution is 6.11. The Morgan fingerprint density at radius 3 is 1.56 bits per heavy atom. The van der Waals surface area contributed by atoms with Crippen LogP contribution in [0.5, 0.6) is 11.5 Å². The molecule has 0 saturated heterocycles. The SMILES string of the molecule is CC(C)(C)c1ccc(C2(c3ccnc(-n4c5ccccc5c5cc(-c6ccccc6)c(Oc6cccc(N7CN(c8c(-c9ccccc9)cc(C(C)(C)C)cc8-c8ccccc8)c8ccccc87)c6)cc54)c3)c3ccccc3-c3ccccc32)cc1. The summed E-state index contributed by atoms with van der Waals surface area (Å²) in [5.41, 5.74) is 22.7. The van der Waals surface area contributed by atoms with Crippen LogP contribution in [0.15, 0.2) is 279 Å². The van der Waals surface area contributed by atoms with Crippen molar-refractivity contribution in [3.05, 3.63) is 313 Å². The first-order chi connectivity index (χ1) is 41.9. The smallest absolute Gasteiger partial charge is 0.137 e. The van der Waals surface area contributed by atoms with Crippen LogP contribution < -0.4 is 14.5 Å². The second-order valence-corrected chi connectivity index (χ2v) is 25.1. The van der Waals surface area contributed by atoms with E-state index in [0.717, 1.165) is 72.9 Å². The standard InChI is InChI=1S/C81H66N4O/c1-79(2,3)57-41-43-58(44-42-57)81(70-36-19-16-33-63(70)64-34-17-20-37-71(64)81)59-45-46-82-77(49-59)85-72-38-21-18-35-65(72)69-51-66(54-25-10-7-11-26-54)76(52-75(69)85)86-62-32-24-31-61(50-62)83-53-84(74-40-23-22-39-73(74)83)78-67(55-27-12-8-13-28-55)47-60(80(4,5)6)48-68(78)56-29-14-9-15-30-56/h7-52H,53H2,1-6H3. The molecule has 0 amide bonds. The number of pyridine rings is 1. The first-order valence-electron chi connectivity index (χ1n) is 30.0. The highest BCUT2D eigenvalue weighted by atomic mass is 16.5. The summed E-state index contributed by atoms with van der Waals surface area (Å²) in [6, 6.07) is 99.8. The third kappa shape index (κ3) is 8.71. The second-order valence-electron chi connectivity index (χ2n) is 25.1. The molecule has 0 fully saturated rings. The number of benzene rings is 11. The van der Waals surface area contributed by atoms with Crippen LogP contribution in [0.1, 0.15) is 74.9 Å². The van der Waals surface area contributed by atoms with E-state index in [4.69, 9.17) is 9.72 Å². The van der Waals surface area contributed by atoms with Crippen molar-refractivity contribution in [2.45, 2.75) is 57.8 Å². The maximum atomic E-state index is 7.37. The summed E-state index contributed by atoms with van der Waals surface area (Å²) in [6.45, 7) is 14.4. The van der Waals surface area contributed by atoms with Gasteiger partial charge in [0.25, 0.3) is 0 Å². The Morgan fingerprint density at radius 2 is 0.942 bits per heavy atom. The Labute approximate surface area is 504 Å². The van der Waals surface area contributed by atoms with Crippen LogP contribution >= 0.6 is 0 Å². The number of aromatic nitrogens is 2. The third-order valence-corrected chi connectivity index (χ3v) is 17.9. The van der Waals surface area contributed by atoms with Crippen molar-refractivity contribution in [2.24, 2.45) is 0 Å². The maximum absolute atomic E-state index is 7.37. The van der Waals surface area contributed by atoms with E-state index in [-0.39, 0.29) is 10.8 Å². The van der Waals surface area contributed by atoms with Gasteiger partial charge >= 0.3 is 0 Å². The molecule has 0 spiro atoms. The summed E-state index contributed by atoms with van der Waals surface area (Å²) in [6.07, 6.45) is 2.00.